The van der Waals surface area contributed by atoms with Gasteiger partial charge in [0.25, 0.3) is 0 Å². The third-order valence-electron chi connectivity index (χ3n) is 5.49. The molecule has 2 saturated heterocycles. The van der Waals surface area contributed by atoms with Crippen LogP contribution >= 0.6 is 0 Å². The van der Waals surface area contributed by atoms with Crippen LogP contribution in [0.15, 0.2) is 24.3 Å². The maximum Gasteiger partial charge on any atom is 0.230 e. The number of rotatable bonds is 4. The van der Waals surface area contributed by atoms with Crippen LogP contribution in [-0.2, 0) is 16.1 Å². The van der Waals surface area contributed by atoms with Gasteiger partial charge in [-0.05, 0) is 37.0 Å². The van der Waals surface area contributed by atoms with E-state index >= 15 is 0 Å². The highest BCUT2D eigenvalue weighted by Crippen LogP contribution is 2.32. The van der Waals surface area contributed by atoms with Gasteiger partial charge >= 0.3 is 0 Å². The molecule has 0 aliphatic carbocycles. The summed E-state index contributed by atoms with van der Waals surface area (Å²) >= 11 is 0. The first kappa shape index (κ1) is 18.3. The fourth-order valence-electron chi connectivity index (χ4n) is 3.78. The van der Waals surface area contributed by atoms with Crippen molar-refractivity contribution < 1.29 is 13.9 Å². The highest BCUT2D eigenvalue weighted by atomic mass is 19.1. The van der Waals surface area contributed by atoms with E-state index in [1.165, 1.54) is 12.1 Å². The summed E-state index contributed by atoms with van der Waals surface area (Å²) in [6.07, 6.45) is 2.39. The Bertz CT molecular complexity index is 573. The van der Waals surface area contributed by atoms with Crippen LogP contribution in [0.4, 0.5) is 4.39 Å². The van der Waals surface area contributed by atoms with E-state index in [4.69, 9.17) is 10.5 Å². The van der Waals surface area contributed by atoms with Crippen molar-refractivity contribution in [3.8, 4) is 0 Å². The highest BCUT2D eigenvalue weighted by Gasteiger charge is 2.41. The number of carbonyl (C=O) groups is 1. The maximum absolute atomic E-state index is 13.1. The van der Waals surface area contributed by atoms with E-state index in [1.54, 1.807) is 0 Å². The summed E-state index contributed by atoms with van der Waals surface area (Å²) in [4.78, 5) is 17.4. The number of hydrogen-bond donors (Lipinski definition) is 1. The van der Waals surface area contributed by atoms with E-state index in [-0.39, 0.29) is 11.7 Å². The van der Waals surface area contributed by atoms with E-state index < -0.39 is 5.41 Å². The Morgan fingerprint density at radius 1 is 1.12 bits per heavy atom. The topological polar surface area (TPSA) is 58.8 Å². The van der Waals surface area contributed by atoms with Gasteiger partial charge in [0.1, 0.15) is 5.82 Å². The van der Waals surface area contributed by atoms with Gasteiger partial charge in [-0.1, -0.05) is 12.1 Å². The SMILES string of the molecule is NCC1(C(=O)N2CCCN(Cc3ccc(F)cc3)CC2)CCOCC1. The normalized spacial score (nSPS) is 21.8. The van der Waals surface area contributed by atoms with Crippen LogP contribution in [-0.4, -0.2) is 61.6 Å². The van der Waals surface area contributed by atoms with Gasteiger partial charge in [0, 0.05) is 52.5 Å². The van der Waals surface area contributed by atoms with Crippen molar-refractivity contribution >= 4 is 5.91 Å². The van der Waals surface area contributed by atoms with Crippen molar-refractivity contribution in [2.45, 2.75) is 25.8 Å². The minimum absolute atomic E-state index is 0.196. The van der Waals surface area contributed by atoms with Gasteiger partial charge in [-0.15, -0.1) is 0 Å². The summed E-state index contributed by atoms with van der Waals surface area (Å²) < 4.78 is 18.5. The number of ether oxygens (including phenoxy) is 1. The molecule has 0 aromatic heterocycles. The quantitative estimate of drug-likeness (QED) is 0.897. The van der Waals surface area contributed by atoms with E-state index in [2.05, 4.69) is 4.90 Å². The molecule has 2 aliphatic heterocycles. The maximum atomic E-state index is 13.1. The molecule has 1 aromatic carbocycles. The lowest BCUT2D eigenvalue weighted by Crippen LogP contribution is -2.51. The lowest BCUT2D eigenvalue weighted by Gasteiger charge is -2.38. The molecule has 5 nitrogen and oxygen atoms in total. The number of nitrogens with two attached hydrogens (primary N) is 1. The smallest absolute Gasteiger partial charge is 0.230 e. The molecule has 0 saturated carbocycles. The number of benzene rings is 1. The molecule has 2 N–H and O–H groups in total. The standard InChI is InChI=1S/C19H28FN3O2/c20-17-4-2-16(3-5-17)14-22-8-1-9-23(11-10-22)18(24)19(15-21)6-12-25-13-7-19/h2-5H,1,6-15,21H2. The number of amides is 1. The predicted octanol–water partition coefficient (Wildman–Crippen LogP) is 1.62. The second-order valence-electron chi connectivity index (χ2n) is 7.15. The van der Waals surface area contributed by atoms with Gasteiger partial charge in [0.15, 0.2) is 0 Å². The largest absolute Gasteiger partial charge is 0.381 e. The third-order valence-corrected chi connectivity index (χ3v) is 5.49. The van der Waals surface area contributed by atoms with Crippen LogP contribution in [0.25, 0.3) is 0 Å². The number of halogens is 1. The molecule has 1 amide bonds. The lowest BCUT2D eigenvalue weighted by molar-refractivity contribution is -0.147. The molecule has 0 bridgehead atoms. The second kappa shape index (κ2) is 8.25. The lowest BCUT2D eigenvalue weighted by atomic mass is 9.79. The Labute approximate surface area is 148 Å². The van der Waals surface area contributed by atoms with Crippen molar-refractivity contribution in [2.24, 2.45) is 11.1 Å². The van der Waals surface area contributed by atoms with E-state index in [0.29, 0.717) is 19.8 Å². The summed E-state index contributed by atoms with van der Waals surface area (Å²) in [6, 6.07) is 6.65. The molecule has 0 radical (unpaired) electrons. The average molecular weight is 349 g/mol. The van der Waals surface area contributed by atoms with Gasteiger partial charge in [-0.25, -0.2) is 4.39 Å². The first-order valence-corrected chi connectivity index (χ1v) is 9.17. The van der Waals surface area contributed by atoms with Crippen LogP contribution < -0.4 is 5.73 Å². The van der Waals surface area contributed by atoms with Gasteiger partial charge in [-0.2, -0.15) is 0 Å². The molecule has 25 heavy (non-hydrogen) atoms. The molecule has 0 unspecified atom stereocenters. The van der Waals surface area contributed by atoms with E-state index in [1.807, 2.05) is 17.0 Å². The molecule has 1 aromatic rings. The van der Waals surface area contributed by atoms with Crippen molar-refractivity contribution in [2.75, 3.05) is 45.9 Å². The predicted molar refractivity (Wildman–Crippen MR) is 94.4 cm³/mol. The van der Waals surface area contributed by atoms with Gasteiger partial charge in [0.05, 0.1) is 5.41 Å². The third kappa shape index (κ3) is 4.37. The zero-order chi connectivity index (χ0) is 17.7. The van der Waals surface area contributed by atoms with Crippen LogP contribution in [0, 0.1) is 11.2 Å². The Morgan fingerprint density at radius 2 is 1.84 bits per heavy atom. The molecular weight excluding hydrogens is 321 g/mol. The zero-order valence-corrected chi connectivity index (χ0v) is 14.8. The van der Waals surface area contributed by atoms with Gasteiger partial charge in [-0.3, -0.25) is 9.69 Å². The van der Waals surface area contributed by atoms with Crippen molar-refractivity contribution in [1.82, 2.24) is 9.80 Å². The Morgan fingerprint density at radius 3 is 2.52 bits per heavy atom. The molecule has 2 aliphatic rings. The van der Waals surface area contributed by atoms with Crippen molar-refractivity contribution in [3.63, 3.8) is 0 Å². The van der Waals surface area contributed by atoms with Gasteiger partial charge < -0.3 is 15.4 Å². The van der Waals surface area contributed by atoms with E-state index in [0.717, 1.165) is 57.5 Å². The monoisotopic (exact) mass is 349 g/mol. The summed E-state index contributed by atoms with van der Waals surface area (Å²) in [7, 11) is 0. The molecule has 138 valence electrons. The molecule has 0 atom stereocenters. The van der Waals surface area contributed by atoms with Crippen LogP contribution in [0.5, 0.6) is 0 Å². The molecule has 3 rings (SSSR count). The molecule has 6 heteroatoms. The summed E-state index contributed by atoms with van der Waals surface area (Å²) in [5, 5.41) is 0. The summed E-state index contributed by atoms with van der Waals surface area (Å²) in [6.45, 7) is 5.70. The Balaban J connectivity index is 1.59. The van der Waals surface area contributed by atoms with Crippen molar-refractivity contribution in [3.05, 3.63) is 35.6 Å². The first-order valence-electron chi connectivity index (χ1n) is 9.17. The Kier molecular flexibility index (Phi) is 6.04. The molecule has 2 fully saturated rings. The Hall–Kier alpha value is -1.50. The van der Waals surface area contributed by atoms with Crippen LogP contribution in [0.2, 0.25) is 0 Å². The van der Waals surface area contributed by atoms with Crippen molar-refractivity contribution in [1.29, 1.82) is 0 Å². The average Bonchev–Trinajstić information content (AvgIpc) is 2.89. The van der Waals surface area contributed by atoms with Gasteiger partial charge in [0.2, 0.25) is 5.91 Å². The summed E-state index contributed by atoms with van der Waals surface area (Å²) in [5.74, 6) is -0.0122. The zero-order valence-electron chi connectivity index (χ0n) is 14.8. The fourth-order valence-corrected chi connectivity index (χ4v) is 3.78. The molecular formula is C19H28FN3O2. The number of nitrogens with zero attached hydrogens (tertiary/aromatic N) is 2. The van der Waals surface area contributed by atoms with Crippen LogP contribution in [0.3, 0.4) is 0 Å². The van der Waals surface area contributed by atoms with Crippen LogP contribution in [0.1, 0.15) is 24.8 Å². The second-order valence-corrected chi connectivity index (χ2v) is 7.15. The minimum atomic E-state index is -0.440. The highest BCUT2D eigenvalue weighted by molar-refractivity contribution is 5.83. The molecule has 2 heterocycles. The van der Waals surface area contributed by atoms with E-state index in [9.17, 15) is 9.18 Å². The number of carbonyl (C=O) groups excluding carboxylic acids is 1. The fraction of sp³-hybridized carbons (Fsp3) is 0.632. The first-order chi connectivity index (χ1) is 12.1. The molecule has 0 spiro atoms. The summed E-state index contributed by atoms with van der Waals surface area (Å²) in [5.41, 5.74) is 6.64. The minimum Gasteiger partial charge on any atom is -0.381 e. The number of hydrogen-bond acceptors (Lipinski definition) is 4.